The van der Waals surface area contributed by atoms with Crippen molar-refractivity contribution in [3.63, 3.8) is 0 Å². The number of benzene rings is 4. The Morgan fingerprint density at radius 1 is 0.667 bits per heavy atom. The number of hydrogen-bond acceptors (Lipinski definition) is 4. The van der Waals surface area contributed by atoms with Crippen LogP contribution in [0.25, 0.3) is 39.1 Å². The van der Waals surface area contributed by atoms with Crippen LogP contribution in [0.3, 0.4) is 0 Å². The molecule has 0 aliphatic rings. The second-order valence-corrected chi connectivity index (χ2v) is 8.40. The largest absolute Gasteiger partial charge is 0.497 e. The summed E-state index contributed by atoms with van der Waals surface area (Å²) in [5.41, 5.74) is 7.15. The Hall–Kier alpha value is -4.90. The Kier molecular flexibility index (Phi) is 5.64. The van der Waals surface area contributed by atoms with E-state index in [0.717, 1.165) is 56.4 Å². The van der Waals surface area contributed by atoms with Gasteiger partial charge in [-0.25, -0.2) is 9.97 Å². The van der Waals surface area contributed by atoms with Crippen LogP contribution in [0, 0.1) is 0 Å². The molecule has 174 valence electrons. The fraction of sp³-hybridized carbons (Fsp3) is 0.0323. The Balaban J connectivity index is 1.69. The highest BCUT2D eigenvalue weighted by atomic mass is 16.5. The quantitative estimate of drug-likeness (QED) is 0.275. The zero-order chi connectivity index (χ0) is 24.3. The highest BCUT2D eigenvalue weighted by Crippen LogP contribution is 2.44. The third-order valence-corrected chi connectivity index (χ3v) is 6.23. The zero-order valence-corrected chi connectivity index (χ0v) is 19.8. The summed E-state index contributed by atoms with van der Waals surface area (Å²) in [6.07, 6.45) is 1.62. The monoisotopic (exact) mass is 468 g/mol. The molecule has 0 saturated heterocycles. The van der Waals surface area contributed by atoms with E-state index in [1.54, 1.807) is 13.4 Å². The highest BCUT2D eigenvalue weighted by Gasteiger charge is 2.25. The number of methoxy groups -OCH3 is 1. The minimum atomic E-state index is 0.746. The van der Waals surface area contributed by atoms with Crippen molar-refractivity contribution >= 4 is 22.5 Å². The summed E-state index contributed by atoms with van der Waals surface area (Å²) in [5, 5.41) is 4.49. The first-order valence-corrected chi connectivity index (χ1v) is 11.8. The Morgan fingerprint density at radius 2 is 1.28 bits per heavy atom. The van der Waals surface area contributed by atoms with Gasteiger partial charge in [0.05, 0.1) is 18.2 Å². The van der Waals surface area contributed by atoms with E-state index in [-0.39, 0.29) is 0 Å². The van der Waals surface area contributed by atoms with Gasteiger partial charge in [-0.05, 0) is 47.5 Å². The van der Waals surface area contributed by atoms with E-state index in [1.165, 1.54) is 0 Å². The van der Waals surface area contributed by atoms with Crippen molar-refractivity contribution < 1.29 is 4.74 Å². The molecule has 0 saturated carbocycles. The lowest BCUT2D eigenvalue weighted by Crippen LogP contribution is -1.99. The molecule has 0 spiro atoms. The first-order valence-electron chi connectivity index (χ1n) is 11.8. The zero-order valence-electron chi connectivity index (χ0n) is 19.8. The van der Waals surface area contributed by atoms with E-state index < -0.39 is 0 Å². The number of anilines is 2. The molecule has 0 atom stereocenters. The number of aromatic nitrogens is 3. The number of para-hydroxylation sites is 1. The van der Waals surface area contributed by atoms with Crippen molar-refractivity contribution in [3.05, 3.63) is 122 Å². The SMILES string of the molecule is COc1ccc(Nc2ncnc3c2c(-c2ccccc2)c(-c2ccccc2)n3-c2ccccc2)cc1. The predicted octanol–water partition coefficient (Wildman–Crippen LogP) is 7.51. The molecule has 4 aromatic carbocycles. The van der Waals surface area contributed by atoms with E-state index in [0.29, 0.717) is 0 Å². The lowest BCUT2D eigenvalue weighted by molar-refractivity contribution is 0.415. The second-order valence-electron chi connectivity index (χ2n) is 8.40. The number of fused-ring (bicyclic) bond motifs is 1. The van der Waals surface area contributed by atoms with E-state index in [9.17, 15) is 0 Å². The van der Waals surface area contributed by atoms with E-state index in [2.05, 4.69) is 82.7 Å². The molecule has 5 nitrogen and oxygen atoms in total. The van der Waals surface area contributed by atoms with Gasteiger partial charge in [0.15, 0.2) is 5.65 Å². The van der Waals surface area contributed by atoms with Crippen LogP contribution in [0.5, 0.6) is 5.75 Å². The standard InChI is InChI=1S/C31H24N4O/c1-36-26-19-17-24(18-20-26)34-30-28-27(22-11-5-2-6-12-22)29(23-13-7-3-8-14-23)35(31(28)33-21-32-30)25-15-9-4-10-16-25/h2-21H,1H3,(H,32,33,34). The average molecular weight is 469 g/mol. The molecule has 5 heteroatoms. The van der Waals surface area contributed by atoms with Gasteiger partial charge in [0.1, 0.15) is 17.9 Å². The molecule has 0 bridgehead atoms. The molecule has 6 rings (SSSR count). The fourth-order valence-corrected chi connectivity index (χ4v) is 4.60. The Bertz CT molecular complexity index is 1610. The first kappa shape index (κ1) is 21.6. The minimum Gasteiger partial charge on any atom is -0.497 e. The molecule has 0 unspecified atom stereocenters. The first-order chi connectivity index (χ1) is 17.8. The van der Waals surface area contributed by atoms with Crippen molar-refractivity contribution in [2.24, 2.45) is 0 Å². The van der Waals surface area contributed by atoms with Crippen molar-refractivity contribution in [3.8, 4) is 33.8 Å². The Labute approximate surface area is 209 Å². The fourth-order valence-electron chi connectivity index (χ4n) is 4.60. The van der Waals surface area contributed by atoms with Gasteiger partial charge in [-0.3, -0.25) is 4.57 Å². The molecule has 36 heavy (non-hydrogen) atoms. The lowest BCUT2D eigenvalue weighted by atomic mass is 9.98. The molecule has 0 aliphatic heterocycles. The smallest absolute Gasteiger partial charge is 0.151 e. The summed E-state index contributed by atoms with van der Waals surface area (Å²) in [7, 11) is 1.67. The molecular weight excluding hydrogens is 444 g/mol. The van der Waals surface area contributed by atoms with Gasteiger partial charge in [-0.1, -0.05) is 78.9 Å². The third kappa shape index (κ3) is 3.87. The molecule has 0 radical (unpaired) electrons. The van der Waals surface area contributed by atoms with E-state index in [1.807, 2.05) is 42.5 Å². The maximum absolute atomic E-state index is 5.33. The normalized spacial score (nSPS) is 10.9. The molecule has 0 aliphatic carbocycles. The van der Waals surface area contributed by atoms with Crippen LogP contribution in [0.2, 0.25) is 0 Å². The summed E-state index contributed by atoms with van der Waals surface area (Å²) in [4.78, 5) is 9.52. The predicted molar refractivity (Wildman–Crippen MR) is 146 cm³/mol. The maximum atomic E-state index is 5.33. The molecule has 1 N–H and O–H groups in total. The molecule has 0 fully saturated rings. The van der Waals surface area contributed by atoms with Crippen LogP contribution in [-0.2, 0) is 0 Å². The van der Waals surface area contributed by atoms with E-state index >= 15 is 0 Å². The topological polar surface area (TPSA) is 52.0 Å². The van der Waals surface area contributed by atoms with Crippen LogP contribution in [0.15, 0.2) is 122 Å². The molecule has 6 aromatic rings. The van der Waals surface area contributed by atoms with Gasteiger partial charge in [-0.2, -0.15) is 0 Å². The molecule has 0 amide bonds. The summed E-state index contributed by atoms with van der Waals surface area (Å²) >= 11 is 0. The number of rotatable bonds is 6. The average Bonchev–Trinajstić information content (AvgIpc) is 3.31. The highest BCUT2D eigenvalue weighted by molar-refractivity contribution is 6.09. The Morgan fingerprint density at radius 3 is 1.92 bits per heavy atom. The van der Waals surface area contributed by atoms with Crippen molar-refractivity contribution in [1.29, 1.82) is 0 Å². The van der Waals surface area contributed by atoms with Gasteiger partial charge >= 0.3 is 0 Å². The molecular formula is C31H24N4O. The van der Waals surface area contributed by atoms with Crippen LogP contribution < -0.4 is 10.1 Å². The summed E-state index contributed by atoms with van der Waals surface area (Å²) < 4.78 is 7.56. The number of nitrogens with zero attached hydrogens (tertiary/aromatic N) is 3. The third-order valence-electron chi connectivity index (χ3n) is 6.23. The number of nitrogens with one attached hydrogen (secondary N) is 1. The van der Waals surface area contributed by atoms with Gasteiger partial charge < -0.3 is 10.1 Å². The van der Waals surface area contributed by atoms with Crippen molar-refractivity contribution in [2.45, 2.75) is 0 Å². The summed E-state index contributed by atoms with van der Waals surface area (Å²) in [5.74, 6) is 1.55. The van der Waals surface area contributed by atoms with Gasteiger partial charge in [0, 0.05) is 16.9 Å². The second kappa shape index (κ2) is 9.39. The number of ether oxygens (including phenoxy) is 1. The number of hydrogen-bond donors (Lipinski definition) is 1. The van der Waals surface area contributed by atoms with Crippen molar-refractivity contribution in [2.75, 3.05) is 12.4 Å². The van der Waals surface area contributed by atoms with Crippen molar-refractivity contribution in [1.82, 2.24) is 14.5 Å². The minimum absolute atomic E-state index is 0.746. The van der Waals surface area contributed by atoms with Gasteiger partial charge in [-0.15, -0.1) is 0 Å². The van der Waals surface area contributed by atoms with Crippen LogP contribution in [0.1, 0.15) is 0 Å². The molecule has 2 aromatic heterocycles. The summed E-state index contributed by atoms with van der Waals surface area (Å²) in [6.45, 7) is 0. The van der Waals surface area contributed by atoms with Gasteiger partial charge in [0.25, 0.3) is 0 Å². The van der Waals surface area contributed by atoms with Crippen LogP contribution >= 0.6 is 0 Å². The maximum Gasteiger partial charge on any atom is 0.151 e. The van der Waals surface area contributed by atoms with Crippen LogP contribution in [0.4, 0.5) is 11.5 Å². The van der Waals surface area contributed by atoms with Crippen LogP contribution in [-0.4, -0.2) is 21.6 Å². The molecule has 2 heterocycles. The lowest BCUT2D eigenvalue weighted by Gasteiger charge is -2.12. The van der Waals surface area contributed by atoms with E-state index in [4.69, 9.17) is 14.7 Å². The summed E-state index contributed by atoms with van der Waals surface area (Å²) in [6, 6.07) is 39.1. The van der Waals surface area contributed by atoms with Gasteiger partial charge in [0.2, 0.25) is 0 Å².